The average molecular weight is 219 g/mol. The summed E-state index contributed by atoms with van der Waals surface area (Å²) in [5.74, 6) is 0.627. The Morgan fingerprint density at radius 1 is 1.07 bits per heavy atom. The molecule has 0 radical (unpaired) electrons. The van der Waals surface area contributed by atoms with Crippen molar-refractivity contribution in [2.75, 3.05) is 5.73 Å². The van der Waals surface area contributed by atoms with Crippen LogP contribution in [0.5, 0.6) is 0 Å². The lowest BCUT2D eigenvalue weighted by molar-refractivity contribution is 1.12. The molecule has 0 bridgehead atoms. The van der Waals surface area contributed by atoms with Gasteiger partial charge in [0, 0.05) is 21.8 Å². The van der Waals surface area contributed by atoms with E-state index in [0.29, 0.717) is 5.82 Å². The molecule has 0 aliphatic heterocycles. The van der Waals surface area contributed by atoms with Crippen LogP contribution < -0.4 is 5.73 Å². The maximum absolute atomic E-state index is 5.74. The van der Waals surface area contributed by atoms with Crippen molar-refractivity contribution in [3.05, 3.63) is 28.4 Å². The number of rotatable bonds is 1. The summed E-state index contributed by atoms with van der Waals surface area (Å²) in [7, 11) is 0. The Morgan fingerprint density at radius 2 is 1.67 bits per heavy atom. The first-order chi connectivity index (χ1) is 7.06. The van der Waals surface area contributed by atoms with Gasteiger partial charge in [-0.05, 0) is 32.9 Å². The van der Waals surface area contributed by atoms with Crippen LogP contribution in [-0.4, -0.2) is 9.97 Å². The minimum Gasteiger partial charge on any atom is -0.383 e. The summed E-state index contributed by atoms with van der Waals surface area (Å²) in [6.07, 6.45) is 0. The molecule has 3 nitrogen and oxygen atoms in total. The van der Waals surface area contributed by atoms with E-state index < -0.39 is 0 Å². The first-order valence-corrected chi connectivity index (χ1v) is 5.56. The van der Waals surface area contributed by atoms with E-state index in [-0.39, 0.29) is 0 Å². The van der Waals surface area contributed by atoms with Gasteiger partial charge in [-0.1, -0.05) is 0 Å². The van der Waals surface area contributed by atoms with Gasteiger partial charge in [-0.15, -0.1) is 11.3 Å². The standard InChI is InChI=1S/C11H13N3S/c1-6-4-9(5-7(2)13-6)11-14-10(12)8(3)15-11/h4-5H,12H2,1-3H3. The molecule has 0 saturated carbocycles. The van der Waals surface area contributed by atoms with Gasteiger partial charge in [-0.25, -0.2) is 4.98 Å². The Bertz CT molecular complexity index is 463. The van der Waals surface area contributed by atoms with Crippen molar-refractivity contribution in [2.45, 2.75) is 20.8 Å². The summed E-state index contributed by atoms with van der Waals surface area (Å²) in [6, 6.07) is 4.06. The van der Waals surface area contributed by atoms with Gasteiger partial charge in [0.05, 0.1) is 0 Å². The second-order valence-corrected chi connectivity index (χ2v) is 4.80. The molecular formula is C11H13N3S. The van der Waals surface area contributed by atoms with Crippen molar-refractivity contribution in [2.24, 2.45) is 0 Å². The van der Waals surface area contributed by atoms with Crippen LogP contribution in [0.1, 0.15) is 16.3 Å². The molecule has 2 aromatic rings. The molecular weight excluding hydrogens is 206 g/mol. The first-order valence-electron chi connectivity index (χ1n) is 4.75. The zero-order valence-corrected chi connectivity index (χ0v) is 9.85. The molecule has 2 N–H and O–H groups in total. The molecule has 0 fully saturated rings. The zero-order chi connectivity index (χ0) is 11.0. The minimum atomic E-state index is 0.627. The summed E-state index contributed by atoms with van der Waals surface area (Å²) in [5, 5.41) is 0.971. The second-order valence-electron chi connectivity index (χ2n) is 3.60. The van der Waals surface area contributed by atoms with E-state index in [1.165, 1.54) is 0 Å². The molecule has 0 aliphatic rings. The number of hydrogen-bond donors (Lipinski definition) is 1. The number of nitrogens with zero attached hydrogens (tertiary/aromatic N) is 2. The molecule has 4 heteroatoms. The van der Waals surface area contributed by atoms with Gasteiger partial charge in [-0.2, -0.15) is 0 Å². The second kappa shape index (κ2) is 3.62. The normalized spacial score (nSPS) is 10.6. The van der Waals surface area contributed by atoms with E-state index in [0.717, 1.165) is 26.8 Å². The first kappa shape index (κ1) is 10.1. The fourth-order valence-corrected chi connectivity index (χ4v) is 2.31. The van der Waals surface area contributed by atoms with E-state index in [9.17, 15) is 0 Å². The van der Waals surface area contributed by atoms with Crippen molar-refractivity contribution in [1.82, 2.24) is 9.97 Å². The summed E-state index contributed by atoms with van der Waals surface area (Å²) < 4.78 is 0. The highest BCUT2D eigenvalue weighted by atomic mass is 32.1. The van der Waals surface area contributed by atoms with Crippen molar-refractivity contribution < 1.29 is 0 Å². The Balaban J connectivity index is 2.53. The van der Waals surface area contributed by atoms with E-state index >= 15 is 0 Å². The highest BCUT2D eigenvalue weighted by Crippen LogP contribution is 2.29. The van der Waals surface area contributed by atoms with Crippen molar-refractivity contribution in [1.29, 1.82) is 0 Å². The smallest absolute Gasteiger partial charge is 0.138 e. The fraction of sp³-hybridized carbons (Fsp3) is 0.273. The van der Waals surface area contributed by atoms with Crippen LogP contribution >= 0.6 is 11.3 Å². The predicted octanol–water partition coefficient (Wildman–Crippen LogP) is 2.71. The van der Waals surface area contributed by atoms with E-state index in [1.54, 1.807) is 11.3 Å². The third kappa shape index (κ3) is 1.99. The molecule has 0 aromatic carbocycles. The molecule has 2 aromatic heterocycles. The maximum atomic E-state index is 5.74. The van der Waals surface area contributed by atoms with Crippen LogP contribution in [-0.2, 0) is 0 Å². The number of aromatic nitrogens is 2. The Hall–Kier alpha value is -1.42. The molecule has 0 atom stereocenters. The fourth-order valence-electron chi connectivity index (χ4n) is 1.49. The third-order valence-electron chi connectivity index (χ3n) is 2.16. The molecule has 2 rings (SSSR count). The van der Waals surface area contributed by atoms with Crippen LogP contribution in [0, 0.1) is 20.8 Å². The van der Waals surface area contributed by atoms with Gasteiger partial charge in [0.25, 0.3) is 0 Å². The van der Waals surface area contributed by atoms with Crippen molar-refractivity contribution in [3.8, 4) is 10.6 Å². The average Bonchev–Trinajstić information content (AvgIpc) is 2.45. The molecule has 0 saturated heterocycles. The molecule has 0 spiro atoms. The summed E-state index contributed by atoms with van der Waals surface area (Å²) >= 11 is 1.62. The van der Waals surface area contributed by atoms with Gasteiger partial charge < -0.3 is 5.73 Å². The molecule has 78 valence electrons. The molecule has 0 aliphatic carbocycles. The maximum Gasteiger partial charge on any atom is 0.138 e. The van der Waals surface area contributed by atoms with Crippen LogP contribution in [0.2, 0.25) is 0 Å². The predicted molar refractivity (Wildman–Crippen MR) is 64.0 cm³/mol. The van der Waals surface area contributed by atoms with Gasteiger partial charge >= 0.3 is 0 Å². The lowest BCUT2D eigenvalue weighted by Gasteiger charge is -2.00. The number of anilines is 1. The van der Waals surface area contributed by atoms with Crippen LogP contribution in [0.3, 0.4) is 0 Å². The van der Waals surface area contributed by atoms with E-state index in [2.05, 4.69) is 9.97 Å². The summed E-state index contributed by atoms with van der Waals surface area (Å²) in [6.45, 7) is 5.96. The number of nitrogens with two attached hydrogens (primary N) is 1. The van der Waals surface area contributed by atoms with Crippen molar-refractivity contribution >= 4 is 17.2 Å². The third-order valence-corrected chi connectivity index (χ3v) is 3.20. The Morgan fingerprint density at radius 3 is 2.13 bits per heavy atom. The number of hydrogen-bond acceptors (Lipinski definition) is 4. The SMILES string of the molecule is Cc1cc(-c2nc(N)c(C)s2)cc(C)n1. The Labute approximate surface area is 93.0 Å². The van der Waals surface area contributed by atoms with Crippen LogP contribution in [0.25, 0.3) is 10.6 Å². The lowest BCUT2D eigenvalue weighted by atomic mass is 10.2. The van der Waals surface area contributed by atoms with E-state index in [4.69, 9.17) is 5.73 Å². The summed E-state index contributed by atoms with van der Waals surface area (Å²) in [5.41, 5.74) is 8.86. The monoisotopic (exact) mass is 219 g/mol. The van der Waals surface area contributed by atoms with Crippen LogP contribution in [0.4, 0.5) is 5.82 Å². The quantitative estimate of drug-likeness (QED) is 0.802. The highest BCUT2D eigenvalue weighted by Gasteiger charge is 2.07. The Kier molecular flexibility index (Phi) is 2.44. The molecule has 15 heavy (non-hydrogen) atoms. The minimum absolute atomic E-state index is 0.627. The van der Waals surface area contributed by atoms with Crippen molar-refractivity contribution in [3.63, 3.8) is 0 Å². The van der Waals surface area contributed by atoms with Gasteiger partial charge in [0.15, 0.2) is 0 Å². The van der Waals surface area contributed by atoms with Gasteiger partial charge in [0.2, 0.25) is 0 Å². The van der Waals surface area contributed by atoms with Gasteiger partial charge in [0.1, 0.15) is 10.8 Å². The summed E-state index contributed by atoms with van der Waals surface area (Å²) in [4.78, 5) is 9.73. The molecule has 0 unspecified atom stereocenters. The lowest BCUT2D eigenvalue weighted by Crippen LogP contribution is -1.89. The highest BCUT2D eigenvalue weighted by molar-refractivity contribution is 7.15. The zero-order valence-electron chi connectivity index (χ0n) is 9.03. The number of aryl methyl sites for hydroxylation is 3. The topological polar surface area (TPSA) is 51.8 Å². The number of pyridine rings is 1. The van der Waals surface area contributed by atoms with Gasteiger partial charge in [-0.3, -0.25) is 4.98 Å². The number of nitrogen functional groups attached to an aromatic ring is 1. The number of thiazole rings is 1. The molecule has 2 heterocycles. The largest absolute Gasteiger partial charge is 0.383 e. The van der Waals surface area contributed by atoms with E-state index in [1.807, 2.05) is 32.9 Å². The van der Waals surface area contributed by atoms with Crippen LogP contribution in [0.15, 0.2) is 12.1 Å². The molecule has 0 amide bonds.